The van der Waals surface area contributed by atoms with Crippen LogP contribution in [0.2, 0.25) is 0 Å². The van der Waals surface area contributed by atoms with Crippen molar-refractivity contribution >= 4 is 5.97 Å². The lowest BCUT2D eigenvalue weighted by molar-refractivity contribution is 0.0117. The minimum absolute atomic E-state index is 0.0959. The minimum atomic E-state index is -1.02. The summed E-state index contributed by atoms with van der Waals surface area (Å²) in [6.45, 7) is 3.73. The van der Waals surface area contributed by atoms with Crippen molar-refractivity contribution in [3.8, 4) is 11.5 Å². The predicted molar refractivity (Wildman–Crippen MR) is 100 cm³/mol. The summed E-state index contributed by atoms with van der Waals surface area (Å²) in [5, 5.41) is 19.2. The molecular formula is C21H24N2O4. The van der Waals surface area contributed by atoms with Gasteiger partial charge in [0.2, 0.25) is 0 Å². The first-order valence-corrected chi connectivity index (χ1v) is 9.22. The highest BCUT2D eigenvalue weighted by Gasteiger charge is 2.50. The molecule has 1 saturated heterocycles. The van der Waals surface area contributed by atoms with Gasteiger partial charge in [-0.15, -0.1) is 0 Å². The molecule has 2 N–H and O–H groups in total. The number of phenols is 1. The Balaban J connectivity index is 1.64. The Kier molecular flexibility index (Phi) is 4.30. The number of phenolic OH excluding ortho intramolecular Hbond substituents is 1. The van der Waals surface area contributed by atoms with Gasteiger partial charge >= 0.3 is 5.97 Å². The number of pyridine rings is 1. The smallest absolute Gasteiger partial charge is 0.337 e. The second-order valence-corrected chi connectivity index (χ2v) is 7.89. The molecule has 0 spiro atoms. The summed E-state index contributed by atoms with van der Waals surface area (Å²) < 4.78 is 6.02. The number of hydrogen-bond acceptors (Lipinski definition) is 5. The number of likely N-dealkylation sites (N-methyl/N-ethyl adjacent to an activating group) is 1. The topological polar surface area (TPSA) is 82.9 Å². The van der Waals surface area contributed by atoms with Crippen LogP contribution in [0.25, 0.3) is 0 Å². The highest BCUT2D eigenvalue weighted by Crippen LogP contribution is 2.49. The Labute approximate surface area is 158 Å². The zero-order valence-corrected chi connectivity index (χ0v) is 15.6. The Morgan fingerprint density at radius 3 is 2.96 bits per heavy atom. The van der Waals surface area contributed by atoms with Crippen LogP contribution in [0, 0.1) is 5.92 Å². The van der Waals surface area contributed by atoms with Crippen LogP contribution in [-0.2, 0) is 11.8 Å². The highest BCUT2D eigenvalue weighted by atomic mass is 16.5. The van der Waals surface area contributed by atoms with Crippen molar-refractivity contribution in [1.82, 2.24) is 9.88 Å². The number of hydrogen-bond donors (Lipinski definition) is 2. The maximum atomic E-state index is 11.2. The third kappa shape index (κ3) is 3.04. The number of piperidine rings is 1. The van der Waals surface area contributed by atoms with Gasteiger partial charge in [-0.3, -0.25) is 4.98 Å². The number of ether oxygens (including phenoxy) is 1. The van der Waals surface area contributed by atoms with Crippen LogP contribution in [-0.4, -0.2) is 52.3 Å². The Hall–Kier alpha value is -2.60. The third-order valence-electron chi connectivity index (χ3n) is 6.36. The Bertz CT molecular complexity index is 884. The van der Waals surface area contributed by atoms with Gasteiger partial charge in [0.15, 0.2) is 0 Å². The van der Waals surface area contributed by atoms with Crippen LogP contribution >= 0.6 is 0 Å². The Morgan fingerprint density at radius 2 is 2.19 bits per heavy atom. The van der Waals surface area contributed by atoms with Crippen LogP contribution in [0.15, 0.2) is 36.7 Å². The first-order valence-electron chi connectivity index (χ1n) is 9.22. The van der Waals surface area contributed by atoms with E-state index in [1.807, 2.05) is 12.1 Å². The summed E-state index contributed by atoms with van der Waals surface area (Å²) in [7, 11) is 2.15. The van der Waals surface area contributed by atoms with Crippen LogP contribution < -0.4 is 4.74 Å². The van der Waals surface area contributed by atoms with Crippen molar-refractivity contribution in [1.29, 1.82) is 0 Å². The van der Waals surface area contributed by atoms with Crippen molar-refractivity contribution in [3.05, 3.63) is 53.3 Å². The van der Waals surface area contributed by atoms with E-state index >= 15 is 0 Å². The first-order chi connectivity index (χ1) is 12.9. The van der Waals surface area contributed by atoms with E-state index < -0.39 is 5.97 Å². The molecule has 1 unspecified atom stereocenters. The Morgan fingerprint density at radius 1 is 1.37 bits per heavy atom. The number of carbonyl (C=O) groups is 1. The fraction of sp³-hybridized carbons (Fsp3) is 0.429. The number of carboxylic acid groups (broad SMARTS) is 1. The van der Waals surface area contributed by atoms with Crippen molar-refractivity contribution < 1.29 is 19.7 Å². The summed E-state index contributed by atoms with van der Waals surface area (Å²) in [6, 6.07) is 7.55. The van der Waals surface area contributed by atoms with E-state index in [0.717, 1.165) is 19.4 Å². The van der Waals surface area contributed by atoms with E-state index in [1.165, 1.54) is 23.4 Å². The van der Waals surface area contributed by atoms with Crippen molar-refractivity contribution in [3.63, 3.8) is 0 Å². The van der Waals surface area contributed by atoms with Crippen LogP contribution in [0.4, 0.5) is 0 Å². The van der Waals surface area contributed by atoms with E-state index in [2.05, 4.69) is 23.9 Å². The number of fused-ring (bicyclic) bond motifs is 4. The molecule has 1 aromatic heterocycles. The SMILES string of the molecule is CN1CC[C@]2(C)c3cc(O)ccc3CC1[C@@H]2COc1cncc(C(=O)O)c1. The summed E-state index contributed by atoms with van der Waals surface area (Å²) in [5.74, 6) is -0.0102. The fourth-order valence-corrected chi connectivity index (χ4v) is 4.72. The number of likely N-dealkylation sites (tertiary alicyclic amines) is 1. The summed E-state index contributed by atoms with van der Waals surface area (Å²) in [4.78, 5) is 17.5. The molecule has 27 heavy (non-hydrogen) atoms. The van der Waals surface area contributed by atoms with E-state index in [1.54, 1.807) is 12.3 Å². The standard InChI is InChI=1S/C21H24N2O4/c1-21-5-6-23(2)19(8-13-3-4-15(24)9-17(13)21)18(21)12-27-16-7-14(20(25)26)10-22-11-16/h3-4,7,9-11,18-19,24H,5-6,8,12H2,1-2H3,(H,25,26)/t18-,19?,21+/m0/s1. The molecule has 1 aliphatic heterocycles. The van der Waals surface area contributed by atoms with E-state index in [-0.39, 0.29) is 16.9 Å². The molecule has 0 radical (unpaired) electrons. The quantitative estimate of drug-likeness (QED) is 0.863. The second-order valence-electron chi connectivity index (χ2n) is 7.89. The average molecular weight is 368 g/mol. The monoisotopic (exact) mass is 368 g/mol. The van der Waals surface area contributed by atoms with Crippen LogP contribution in [0.3, 0.4) is 0 Å². The predicted octanol–water partition coefficient (Wildman–Crippen LogP) is 2.70. The summed E-state index contributed by atoms with van der Waals surface area (Å²) in [6.07, 6.45) is 4.77. The molecule has 1 fully saturated rings. The van der Waals surface area contributed by atoms with E-state index in [4.69, 9.17) is 9.84 Å². The summed E-state index contributed by atoms with van der Waals surface area (Å²) in [5.41, 5.74) is 2.52. The van der Waals surface area contributed by atoms with Gasteiger partial charge in [0.25, 0.3) is 0 Å². The fourth-order valence-electron chi connectivity index (χ4n) is 4.72. The van der Waals surface area contributed by atoms with Crippen LogP contribution in [0.1, 0.15) is 34.8 Å². The van der Waals surface area contributed by atoms with Crippen molar-refractivity contribution in [2.45, 2.75) is 31.2 Å². The number of rotatable bonds is 4. The first kappa shape index (κ1) is 17.8. The molecule has 2 bridgehead atoms. The van der Waals surface area contributed by atoms with Gasteiger partial charge in [0.05, 0.1) is 18.4 Å². The molecule has 6 heteroatoms. The maximum absolute atomic E-state index is 11.2. The van der Waals surface area contributed by atoms with Gasteiger partial charge < -0.3 is 19.8 Å². The number of carboxylic acids is 1. The number of aromatic carboxylic acids is 1. The molecule has 142 valence electrons. The molecule has 4 rings (SSSR count). The zero-order chi connectivity index (χ0) is 19.2. The van der Waals surface area contributed by atoms with E-state index in [0.29, 0.717) is 24.1 Å². The zero-order valence-electron chi connectivity index (χ0n) is 15.6. The molecule has 0 amide bonds. The van der Waals surface area contributed by atoms with Gasteiger partial charge in [-0.1, -0.05) is 13.0 Å². The number of aromatic hydroxyl groups is 1. The largest absolute Gasteiger partial charge is 0.508 e. The number of benzene rings is 1. The summed E-state index contributed by atoms with van der Waals surface area (Å²) >= 11 is 0. The molecule has 3 atom stereocenters. The minimum Gasteiger partial charge on any atom is -0.508 e. The van der Waals surface area contributed by atoms with Gasteiger partial charge in [0.1, 0.15) is 11.5 Å². The van der Waals surface area contributed by atoms with Crippen LogP contribution in [0.5, 0.6) is 11.5 Å². The van der Waals surface area contributed by atoms with Gasteiger partial charge in [0, 0.05) is 23.6 Å². The van der Waals surface area contributed by atoms with E-state index in [9.17, 15) is 9.90 Å². The lowest BCUT2D eigenvalue weighted by Crippen LogP contribution is -2.59. The molecule has 0 saturated carbocycles. The van der Waals surface area contributed by atoms with Gasteiger partial charge in [-0.2, -0.15) is 0 Å². The molecular weight excluding hydrogens is 344 g/mol. The van der Waals surface area contributed by atoms with Gasteiger partial charge in [-0.05, 0) is 55.8 Å². The molecule has 2 heterocycles. The lowest BCUT2D eigenvalue weighted by Gasteiger charge is -2.54. The van der Waals surface area contributed by atoms with Crippen molar-refractivity contribution in [2.75, 3.05) is 20.2 Å². The number of nitrogens with zero attached hydrogens (tertiary/aromatic N) is 2. The maximum Gasteiger partial charge on any atom is 0.337 e. The average Bonchev–Trinajstić information content (AvgIpc) is 2.65. The molecule has 2 aromatic rings. The molecule has 1 aliphatic carbocycles. The van der Waals surface area contributed by atoms with Crippen molar-refractivity contribution in [2.24, 2.45) is 5.92 Å². The molecule has 2 aliphatic rings. The second kappa shape index (κ2) is 6.53. The highest BCUT2D eigenvalue weighted by molar-refractivity contribution is 5.87. The normalized spacial score (nSPS) is 27.0. The lowest BCUT2D eigenvalue weighted by atomic mass is 9.58. The molecule has 1 aromatic carbocycles. The third-order valence-corrected chi connectivity index (χ3v) is 6.36. The number of aromatic nitrogens is 1. The molecule has 6 nitrogen and oxygen atoms in total. The van der Waals surface area contributed by atoms with Gasteiger partial charge in [-0.25, -0.2) is 4.79 Å².